The molecule has 0 saturated carbocycles. The van der Waals surface area contributed by atoms with Crippen molar-refractivity contribution in [1.82, 2.24) is 19.6 Å². The summed E-state index contributed by atoms with van der Waals surface area (Å²) in [6.45, 7) is 7.86. The molecule has 19 heavy (non-hydrogen) atoms. The average molecular weight is 265 g/mol. The van der Waals surface area contributed by atoms with E-state index in [-0.39, 0.29) is 23.8 Å². The first kappa shape index (κ1) is 13.5. The van der Waals surface area contributed by atoms with Gasteiger partial charge in [-0.25, -0.2) is 19.3 Å². The number of aromatic amines is 1. The molecule has 2 heterocycles. The van der Waals surface area contributed by atoms with Gasteiger partial charge in [0.1, 0.15) is 0 Å². The summed E-state index contributed by atoms with van der Waals surface area (Å²) in [6, 6.07) is -0.168. The molecule has 1 atom stereocenters. The summed E-state index contributed by atoms with van der Waals surface area (Å²) < 4.78 is 1.43. The van der Waals surface area contributed by atoms with Gasteiger partial charge in [0.2, 0.25) is 5.65 Å². The second-order valence-corrected chi connectivity index (χ2v) is 5.68. The van der Waals surface area contributed by atoms with Crippen molar-refractivity contribution in [2.24, 2.45) is 0 Å². The molecule has 7 heteroatoms. The lowest BCUT2D eigenvalue weighted by Crippen LogP contribution is -2.24. The Labute approximate surface area is 110 Å². The third kappa shape index (κ3) is 2.60. The van der Waals surface area contributed by atoms with E-state index in [0.717, 1.165) is 5.69 Å². The molecule has 0 radical (unpaired) electrons. The standard InChI is InChI=1S/C12H19N5O2/c1-7(6-18)13-9-10-15-16-11(19)17(10)5-8(14-9)12(2,3)4/h5,7,18H,6H2,1-4H3,(H,13,14)(H,16,19). The number of H-pyrrole nitrogens is 1. The topological polar surface area (TPSA) is 95.3 Å². The molecule has 0 bridgehead atoms. The van der Waals surface area contributed by atoms with E-state index in [0.29, 0.717) is 11.5 Å². The van der Waals surface area contributed by atoms with E-state index in [2.05, 4.69) is 20.5 Å². The number of hydrogen-bond donors (Lipinski definition) is 3. The second kappa shape index (κ2) is 4.65. The van der Waals surface area contributed by atoms with Crippen LogP contribution in [0.2, 0.25) is 0 Å². The predicted octanol–water partition coefficient (Wildman–Crippen LogP) is 0.508. The third-order valence-electron chi connectivity index (χ3n) is 2.83. The second-order valence-electron chi connectivity index (χ2n) is 5.68. The Morgan fingerprint density at radius 1 is 1.53 bits per heavy atom. The first-order valence-electron chi connectivity index (χ1n) is 6.18. The first-order valence-corrected chi connectivity index (χ1v) is 6.18. The average Bonchev–Trinajstić information content (AvgIpc) is 2.70. The highest BCUT2D eigenvalue weighted by molar-refractivity contribution is 5.62. The monoisotopic (exact) mass is 265 g/mol. The van der Waals surface area contributed by atoms with Gasteiger partial charge in [0, 0.05) is 17.7 Å². The Bertz CT molecular complexity index is 638. The fraction of sp³-hybridized carbons (Fsp3) is 0.583. The number of nitrogens with zero attached hydrogens (tertiary/aromatic N) is 3. The lowest BCUT2D eigenvalue weighted by molar-refractivity contribution is 0.281. The summed E-state index contributed by atoms with van der Waals surface area (Å²) in [5, 5.41) is 18.5. The molecule has 2 rings (SSSR count). The lowest BCUT2D eigenvalue weighted by Gasteiger charge is -2.20. The van der Waals surface area contributed by atoms with E-state index in [9.17, 15) is 4.79 Å². The zero-order valence-corrected chi connectivity index (χ0v) is 11.6. The van der Waals surface area contributed by atoms with Gasteiger partial charge < -0.3 is 10.4 Å². The normalized spacial score (nSPS) is 13.7. The number of anilines is 1. The number of aromatic nitrogens is 4. The van der Waals surface area contributed by atoms with Crippen LogP contribution in [-0.4, -0.2) is 37.3 Å². The van der Waals surface area contributed by atoms with Crippen LogP contribution < -0.4 is 11.0 Å². The number of aliphatic hydroxyl groups is 1. The van der Waals surface area contributed by atoms with Crippen LogP contribution in [0.25, 0.3) is 5.65 Å². The van der Waals surface area contributed by atoms with Crippen molar-refractivity contribution < 1.29 is 5.11 Å². The summed E-state index contributed by atoms with van der Waals surface area (Å²) >= 11 is 0. The number of aliphatic hydroxyl groups excluding tert-OH is 1. The summed E-state index contributed by atoms with van der Waals surface area (Å²) in [5.74, 6) is 0.493. The molecule has 3 N–H and O–H groups in total. The summed E-state index contributed by atoms with van der Waals surface area (Å²) in [4.78, 5) is 16.2. The largest absolute Gasteiger partial charge is 0.394 e. The molecule has 0 spiro atoms. The van der Waals surface area contributed by atoms with E-state index in [1.165, 1.54) is 4.40 Å². The summed E-state index contributed by atoms with van der Waals surface area (Å²) in [7, 11) is 0. The Balaban J connectivity index is 2.63. The molecule has 2 aromatic heterocycles. The maximum absolute atomic E-state index is 11.7. The van der Waals surface area contributed by atoms with Crippen LogP contribution in [0.15, 0.2) is 11.0 Å². The molecule has 1 unspecified atom stereocenters. The van der Waals surface area contributed by atoms with Crippen molar-refractivity contribution in [2.75, 3.05) is 11.9 Å². The van der Waals surface area contributed by atoms with Crippen molar-refractivity contribution in [2.45, 2.75) is 39.2 Å². The van der Waals surface area contributed by atoms with E-state index in [1.54, 1.807) is 6.20 Å². The van der Waals surface area contributed by atoms with Crippen LogP contribution in [0.1, 0.15) is 33.4 Å². The molecule has 0 aromatic carbocycles. The smallest absolute Gasteiger partial charge is 0.347 e. The molecule has 7 nitrogen and oxygen atoms in total. The van der Waals surface area contributed by atoms with Crippen molar-refractivity contribution in [3.63, 3.8) is 0 Å². The molecule has 2 aromatic rings. The van der Waals surface area contributed by atoms with Gasteiger partial charge in [0.25, 0.3) is 0 Å². The number of fused-ring (bicyclic) bond motifs is 1. The van der Waals surface area contributed by atoms with Crippen molar-refractivity contribution in [3.8, 4) is 0 Å². The van der Waals surface area contributed by atoms with Crippen LogP contribution >= 0.6 is 0 Å². The van der Waals surface area contributed by atoms with Gasteiger partial charge in [-0.2, -0.15) is 0 Å². The predicted molar refractivity (Wildman–Crippen MR) is 72.5 cm³/mol. The van der Waals surface area contributed by atoms with Gasteiger partial charge in [-0.15, -0.1) is 5.10 Å². The Hall–Kier alpha value is -1.89. The fourth-order valence-electron chi connectivity index (χ4n) is 1.65. The van der Waals surface area contributed by atoms with Gasteiger partial charge in [-0.05, 0) is 6.92 Å². The zero-order valence-electron chi connectivity index (χ0n) is 11.6. The molecule has 0 aliphatic heterocycles. The number of hydrogen-bond acceptors (Lipinski definition) is 5. The fourth-order valence-corrected chi connectivity index (χ4v) is 1.65. The van der Waals surface area contributed by atoms with Gasteiger partial charge in [0.05, 0.1) is 12.3 Å². The minimum absolute atomic E-state index is 0.0256. The van der Waals surface area contributed by atoms with Crippen LogP contribution in [0.4, 0.5) is 5.82 Å². The highest BCUT2D eigenvalue weighted by Gasteiger charge is 2.20. The molecule has 0 fully saturated rings. The summed E-state index contributed by atoms with van der Waals surface area (Å²) in [5.41, 5.74) is 0.709. The van der Waals surface area contributed by atoms with Crippen LogP contribution in [0, 0.1) is 0 Å². The molecule has 0 saturated heterocycles. The molecule has 0 amide bonds. The van der Waals surface area contributed by atoms with Gasteiger partial charge in [-0.3, -0.25) is 0 Å². The van der Waals surface area contributed by atoms with Crippen LogP contribution in [0.5, 0.6) is 0 Å². The van der Waals surface area contributed by atoms with Crippen molar-refractivity contribution in [1.29, 1.82) is 0 Å². The highest BCUT2D eigenvalue weighted by Crippen LogP contribution is 2.23. The van der Waals surface area contributed by atoms with Crippen molar-refractivity contribution in [3.05, 3.63) is 22.4 Å². The third-order valence-corrected chi connectivity index (χ3v) is 2.83. The Morgan fingerprint density at radius 3 is 2.79 bits per heavy atom. The van der Waals surface area contributed by atoms with E-state index >= 15 is 0 Å². The maximum Gasteiger partial charge on any atom is 0.347 e. The molecule has 0 aliphatic carbocycles. The molecular formula is C12H19N5O2. The SMILES string of the molecule is CC(CO)Nc1nc(C(C)(C)C)cn2c(=O)[nH]nc12. The van der Waals surface area contributed by atoms with Crippen LogP contribution in [-0.2, 0) is 5.41 Å². The number of rotatable bonds is 3. The minimum atomic E-state index is -0.303. The summed E-state index contributed by atoms with van der Waals surface area (Å²) in [6.07, 6.45) is 1.69. The zero-order chi connectivity index (χ0) is 14.2. The van der Waals surface area contributed by atoms with E-state index in [4.69, 9.17) is 5.11 Å². The van der Waals surface area contributed by atoms with Gasteiger partial charge in [-0.1, -0.05) is 20.8 Å². The maximum atomic E-state index is 11.7. The van der Waals surface area contributed by atoms with Crippen molar-refractivity contribution >= 4 is 11.5 Å². The quantitative estimate of drug-likeness (QED) is 0.751. The molecule has 0 aliphatic rings. The van der Waals surface area contributed by atoms with Crippen LogP contribution in [0.3, 0.4) is 0 Å². The lowest BCUT2D eigenvalue weighted by atomic mass is 9.93. The number of nitrogens with one attached hydrogen (secondary N) is 2. The van der Waals surface area contributed by atoms with E-state index in [1.807, 2.05) is 27.7 Å². The highest BCUT2D eigenvalue weighted by atomic mass is 16.3. The molecule has 104 valence electrons. The van der Waals surface area contributed by atoms with Gasteiger partial charge >= 0.3 is 5.69 Å². The Kier molecular flexibility index (Phi) is 3.32. The first-order chi connectivity index (χ1) is 8.82. The van der Waals surface area contributed by atoms with E-state index < -0.39 is 0 Å². The molecular weight excluding hydrogens is 246 g/mol. The van der Waals surface area contributed by atoms with Gasteiger partial charge in [0.15, 0.2) is 5.82 Å². The minimum Gasteiger partial charge on any atom is -0.394 e. The Morgan fingerprint density at radius 2 is 2.21 bits per heavy atom.